The highest BCUT2D eigenvalue weighted by atomic mass is 32.2. The summed E-state index contributed by atoms with van der Waals surface area (Å²) in [5, 5.41) is 14.5. The molecule has 0 aliphatic rings. The lowest BCUT2D eigenvalue weighted by atomic mass is 9.99. The third-order valence-corrected chi connectivity index (χ3v) is 7.65. The van der Waals surface area contributed by atoms with Crippen molar-refractivity contribution >= 4 is 27.9 Å². The average molecular weight is 580 g/mol. The number of sulfonamides is 1. The van der Waals surface area contributed by atoms with Gasteiger partial charge in [0.2, 0.25) is 21.8 Å². The molecule has 0 aliphatic heterocycles. The number of carbonyl (C=O) groups is 3. The van der Waals surface area contributed by atoms with Gasteiger partial charge in [0.15, 0.2) is 0 Å². The van der Waals surface area contributed by atoms with Crippen molar-refractivity contribution in [2.24, 2.45) is 5.92 Å². The number of benzene rings is 1. The van der Waals surface area contributed by atoms with Crippen LogP contribution in [0.25, 0.3) is 0 Å². The molecule has 0 saturated carbocycles. The quantitative estimate of drug-likeness (QED) is 0.306. The molecule has 1 rings (SSSR count). The third-order valence-electron chi connectivity index (χ3n) is 6.09. The zero-order chi connectivity index (χ0) is 30.7. The molecular formula is C28H45N5O6S. The predicted octanol–water partition coefficient (Wildman–Crippen LogP) is 3.05. The molecule has 0 heterocycles. The molecule has 0 aliphatic carbocycles. The van der Waals surface area contributed by atoms with E-state index in [1.807, 2.05) is 13.0 Å². The predicted molar refractivity (Wildman–Crippen MR) is 153 cm³/mol. The van der Waals surface area contributed by atoms with E-state index in [1.165, 1.54) is 4.90 Å². The molecule has 1 aromatic carbocycles. The molecule has 3 N–H and O–H groups in total. The van der Waals surface area contributed by atoms with E-state index >= 15 is 0 Å². The second kappa shape index (κ2) is 15.6. The lowest BCUT2D eigenvalue weighted by Gasteiger charge is -2.33. The Morgan fingerprint density at radius 2 is 1.65 bits per heavy atom. The summed E-state index contributed by atoms with van der Waals surface area (Å²) in [5.41, 5.74) is 0.432. The Labute approximate surface area is 239 Å². The lowest BCUT2D eigenvalue weighted by Crippen LogP contribution is -2.59. The highest BCUT2D eigenvalue weighted by Crippen LogP contribution is 2.14. The second-order valence-corrected chi connectivity index (χ2v) is 13.0. The van der Waals surface area contributed by atoms with Gasteiger partial charge in [0.05, 0.1) is 23.9 Å². The van der Waals surface area contributed by atoms with E-state index in [9.17, 15) is 22.8 Å². The molecule has 40 heavy (non-hydrogen) atoms. The average Bonchev–Trinajstić information content (AvgIpc) is 2.86. The van der Waals surface area contributed by atoms with Gasteiger partial charge in [-0.15, -0.1) is 0 Å². The van der Waals surface area contributed by atoms with E-state index in [2.05, 4.69) is 15.4 Å². The number of rotatable bonds is 14. The smallest absolute Gasteiger partial charge is 0.410 e. The van der Waals surface area contributed by atoms with Gasteiger partial charge in [-0.3, -0.25) is 9.59 Å². The molecule has 224 valence electrons. The van der Waals surface area contributed by atoms with Gasteiger partial charge < -0.3 is 20.3 Å². The Morgan fingerprint density at radius 3 is 2.12 bits per heavy atom. The second-order valence-electron chi connectivity index (χ2n) is 11.1. The number of nitriles is 1. The molecule has 3 amide bonds. The third kappa shape index (κ3) is 11.9. The summed E-state index contributed by atoms with van der Waals surface area (Å²) < 4.78 is 33.0. The van der Waals surface area contributed by atoms with Crippen molar-refractivity contribution in [1.82, 2.24) is 20.3 Å². The van der Waals surface area contributed by atoms with Crippen LogP contribution in [0.15, 0.2) is 24.3 Å². The molecule has 0 radical (unpaired) electrons. The van der Waals surface area contributed by atoms with Gasteiger partial charge >= 0.3 is 6.09 Å². The minimum atomic E-state index is -3.73. The minimum Gasteiger partial charge on any atom is -0.444 e. The van der Waals surface area contributed by atoms with E-state index < -0.39 is 45.6 Å². The van der Waals surface area contributed by atoms with Crippen LogP contribution in [0.3, 0.4) is 0 Å². The summed E-state index contributed by atoms with van der Waals surface area (Å²) in [6.45, 7) is 13.9. The largest absolute Gasteiger partial charge is 0.444 e. The number of nitrogens with one attached hydrogen (secondary N) is 3. The first-order valence-electron chi connectivity index (χ1n) is 13.6. The van der Waals surface area contributed by atoms with E-state index in [-0.39, 0.29) is 30.8 Å². The number of ether oxygens (including phenoxy) is 1. The van der Waals surface area contributed by atoms with E-state index in [4.69, 9.17) is 10.00 Å². The molecule has 0 spiro atoms. The summed E-state index contributed by atoms with van der Waals surface area (Å²) in [6.07, 6.45) is 0.242. The molecule has 3 atom stereocenters. The fourth-order valence-corrected chi connectivity index (χ4v) is 5.04. The van der Waals surface area contributed by atoms with Crippen LogP contribution in [0.5, 0.6) is 0 Å². The normalized spacial score (nSPS) is 14.0. The molecule has 1 unspecified atom stereocenters. The Hall–Kier alpha value is -3.17. The summed E-state index contributed by atoms with van der Waals surface area (Å²) >= 11 is 0. The Balaban J connectivity index is 3.28. The SMILES string of the molecule is CCCS(=O)(=O)N[C@@H](C(=O)N[C@@H](CN(C(=O)OC(C)(C)C)C(C)C)C(=O)NCc1ccc(C#N)cc1)C(C)CC. The van der Waals surface area contributed by atoms with E-state index in [0.29, 0.717) is 18.4 Å². The number of nitrogens with zero attached hydrogens (tertiary/aromatic N) is 2. The minimum absolute atomic E-state index is 0.114. The number of hydrogen-bond donors (Lipinski definition) is 3. The lowest BCUT2D eigenvalue weighted by molar-refractivity contribution is -0.131. The highest BCUT2D eigenvalue weighted by molar-refractivity contribution is 7.89. The topological polar surface area (TPSA) is 158 Å². The van der Waals surface area contributed by atoms with Gasteiger partial charge in [-0.2, -0.15) is 5.26 Å². The van der Waals surface area contributed by atoms with E-state index in [1.54, 1.807) is 72.7 Å². The maximum Gasteiger partial charge on any atom is 0.410 e. The van der Waals surface area contributed by atoms with Gasteiger partial charge in [-0.1, -0.05) is 39.3 Å². The van der Waals surface area contributed by atoms with Gasteiger partial charge in [0.1, 0.15) is 17.7 Å². The molecule has 1 aromatic rings. The molecule has 0 saturated heterocycles. The van der Waals surface area contributed by atoms with E-state index in [0.717, 1.165) is 5.56 Å². The summed E-state index contributed by atoms with van der Waals surface area (Å²) in [5.74, 6) is -1.73. The number of amides is 3. The zero-order valence-corrected chi connectivity index (χ0v) is 25.7. The van der Waals surface area contributed by atoms with Crippen LogP contribution in [0.1, 0.15) is 79.4 Å². The Kier molecular flexibility index (Phi) is 13.6. The molecule has 0 fully saturated rings. The first kappa shape index (κ1) is 34.9. The van der Waals surface area contributed by atoms with Crippen molar-refractivity contribution in [3.8, 4) is 6.07 Å². The van der Waals surface area contributed by atoms with Crippen LogP contribution >= 0.6 is 0 Å². The van der Waals surface area contributed by atoms with Gasteiger partial charge in [-0.25, -0.2) is 17.9 Å². The Bertz CT molecular complexity index is 1140. The first-order valence-corrected chi connectivity index (χ1v) is 15.2. The van der Waals surface area contributed by atoms with Crippen LogP contribution in [-0.4, -0.2) is 67.2 Å². The van der Waals surface area contributed by atoms with Crippen LogP contribution in [-0.2, 0) is 30.9 Å². The van der Waals surface area contributed by atoms with Crippen LogP contribution < -0.4 is 15.4 Å². The Morgan fingerprint density at radius 1 is 1.05 bits per heavy atom. The van der Waals surface area contributed by atoms with Gasteiger partial charge in [-0.05, 0) is 64.7 Å². The maximum absolute atomic E-state index is 13.5. The molecule has 0 aromatic heterocycles. The molecule has 12 heteroatoms. The number of hydrogen-bond acceptors (Lipinski definition) is 7. The van der Waals surface area contributed by atoms with Crippen LogP contribution in [0.4, 0.5) is 4.79 Å². The van der Waals surface area contributed by atoms with Crippen molar-refractivity contribution in [2.75, 3.05) is 12.3 Å². The summed E-state index contributed by atoms with van der Waals surface area (Å²) in [7, 11) is -3.73. The van der Waals surface area contributed by atoms with Gasteiger partial charge in [0.25, 0.3) is 0 Å². The van der Waals surface area contributed by atoms with Crippen molar-refractivity contribution in [3.05, 3.63) is 35.4 Å². The summed E-state index contributed by atoms with van der Waals surface area (Å²) in [6, 6.07) is 6.02. The first-order chi connectivity index (χ1) is 18.5. The van der Waals surface area contributed by atoms with Crippen molar-refractivity contribution < 1.29 is 27.5 Å². The fraction of sp³-hybridized carbons (Fsp3) is 0.643. The summed E-state index contributed by atoms with van der Waals surface area (Å²) in [4.78, 5) is 41.2. The molecule has 11 nitrogen and oxygen atoms in total. The standard InChI is InChI=1S/C28H45N5O6S/c1-9-15-40(37,38)32-24(20(5)10-2)26(35)31-23(18-33(19(3)4)27(36)39-28(6,7)8)25(34)30-17-22-13-11-21(16-29)12-14-22/h11-14,19-20,23-24,32H,9-10,15,17-18H2,1-8H3,(H,30,34)(H,31,35)/t20?,23-,24+/m0/s1. The van der Waals surface area contributed by atoms with Gasteiger partial charge in [0, 0.05) is 12.6 Å². The zero-order valence-electron chi connectivity index (χ0n) is 24.9. The monoisotopic (exact) mass is 579 g/mol. The fourth-order valence-electron chi connectivity index (χ4n) is 3.66. The number of carbonyl (C=O) groups excluding carboxylic acids is 3. The van der Waals surface area contributed by atoms with Crippen LogP contribution in [0, 0.1) is 17.2 Å². The molecule has 0 bridgehead atoms. The van der Waals surface area contributed by atoms with Crippen molar-refractivity contribution in [3.63, 3.8) is 0 Å². The molecular weight excluding hydrogens is 534 g/mol. The van der Waals surface area contributed by atoms with Crippen LogP contribution in [0.2, 0.25) is 0 Å². The highest BCUT2D eigenvalue weighted by Gasteiger charge is 2.34. The van der Waals surface area contributed by atoms with Crippen molar-refractivity contribution in [1.29, 1.82) is 5.26 Å². The van der Waals surface area contributed by atoms with Crippen molar-refractivity contribution in [2.45, 2.75) is 98.5 Å². The maximum atomic E-state index is 13.5.